The van der Waals surface area contributed by atoms with Gasteiger partial charge in [0.2, 0.25) is 0 Å². The van der Waals surface area contributed by atoms with E-state index in [1.54, 1.807) is 0 Å². The van der Waals surface area contributed by atoms with Crippen molar-refractivity contribution >= 4 is 59.9 Å². The number of nitrogens with zero attached hydrogens (tertiary/aromatic N) is 5. The number of para-hydroxylation sites is 2. The second-order valence-electron chi connectivity index (χ2n) is 12.8. The van der Waals surface area contributed by atoms with Crippen LogP contribution in [0.2, 0.25) is 0 Å². The minimum Gasteiger partial charge on any atom is -0.309 e. The molecule has 0 radical (unpaired) electrons. The highest BCUT2D eigenvalue weighted by Gasteiger charge is 2.22. The minimum absolute atomic E-state index is 0.644. The molecule has 5 heteroatoms. The SMILES string of the molecule is c1ccc(-c2nc(-c3ccccc3)nc(-c3ccc(-n4c5cccc6c7cccc8c9ccccc9n(c9cccc4c9c65)c78)cc3)n2)cc1. The molecule has 11 aromatic rings. The lowest BCUT2D eigenvalue weighted by molar-refractivity contribution is 1.07. The lowest BCUT2D eigenvalue weighted by Crippen LogP contribution is -2.00. The quantitative estimate of drug-likeness (QED) is 0.193. The second-order valence-corrected chi connectivity index (χ2v) is 12.8. The van der Waals surface area contributed by atoms with Gasteiger partial charge >= 0.3 is 0 Å². The van der Waals surface area contributed by atoms with Crippen LogP contribution in [-0.2, 0) is 0 Å². The van der Waals surface area contributed by atoms with Crippen LogP contribution < -0.4 is 0 Å². The first-order valence-electron chi connectivity index (χ1n) is 16.9. The standard InChI is InChI=1S/C45H27N5/c1-3-12-28(13-4-1)43-46-44(29-14-5-2-6-15-29)48-45(47-43)30-24-26-31(27-25-30)49-37-21-10-17-33-35-19-9-18-34-32-16-7-8-20-36(32)50(42(34)35)39-23-11-22-38(49)41(39)40(33)37/h1-27H. The van der Waals surface area contributed by atoms with Gasteiger partial charge in [0.05, 0.1) is 27.6 Å². The van der Waals surface area contributed by atoms with Crippen LogP contribution in [0.1, 0.15) is 0 Å². The van der Waals surface area contributed by atoms with Gasteiger partial charge in [-0.1, -0.05) is 115 Å². The summed E-state index contributed by atoms with van der Waals surface area (Å²) >= 11 is 0. The van der Waals surface area contributed by atoms with Crippen LogP contribution in [0.25, 0.3) is 99.8 Å². The molecule has 11 rings (SSSR count). The Morgan fingerprint density at radius 1 is 0.320 bits per heavy atom. The topological polar surface area (TPSA) is 48.0 Å². The number of hydrogen-bond acceptors (Lipinski definition) is 3. The summed E-state index contributed by atoms with van der Waals surface area (Å²) < 4.78 is 4.88. The lowest BCUT2D eigenvalue weighted by Gasteiger charge is -2.11. The Kier molecular flexibility index (Phi) is 5.60. The number of rotatable bonds is 4. The molecular weight excluding hydrogens is 611 g/mol. The average Bonchev–Trinajstić information content (AvgIpc) is 3.67. The maximum atomic E-state index is 4.96. The molecule has 0 aliphatic rings. The summed E-state index contributed by atoms with van der Waals surface area (Å²) in [4.78, 5) is 14.8. The van der Waals surface area contributed by atoms with Crippen molar-refractivity contribution in [1.82, 2.24) is 23.9 Å². The van der Waals surface area contributed by atoms with E-state index in [9.17, 15) is 0 Å². The molecule has 0 amide bonds. The Labute approximate surface area is 286 Å². The normalized spacial score (nSPS) is 12.0. The van der Waals surface area contributed by atoms with Gasteiger partial charge in [0, 0.05) is 49.3 Å². The van der Waals surface area contributed by atoms with E-state index in [0.29, 0.717) is 17.5 Å². The van der Waals surface area contributed by atoms with Crippen LogP contribution in [0, 0.1) is 0 Å². The first-order valence-corrected chi connectivity index (χ1v) is 16.9. The van der Waals surface area contributed by atoms with Crippen molar-refractivity contribution in [2.75, 3.05) is 0 Å². The highest BCUT2D eigenvalue weighted by Crippen LogP contribution is 2.44. The predicted octanol–water partition coefficient (Wildman–Crippen LogP) is 11.1. The third-order valence-corrected chi connectivity index (χ3v) is 10.1. The Morgan fingerprint density at radius 3 is 1.46 bits per heavy atom. The molecule has 0 fully saturated rings. The van der Waals surface area contributed by atoms with E-state index < -0.39 is 0 Å². The number of fused-ring (bicyclic) bond motifs is 5. The van der Waals surface area contributed by atoms with Crippen LogP contribution in [0.15, 0.2) is 164 Å². The van der Waals surface area contributed by atoms with Gasteiger partial charge in [-0.25, -0.2) is 15.0 Å². The second kappa shape index (κ2) is 10.3. The Morgan fingerprint density at radius 2 is 0.780 bits per heavy atom. The molecule has 4 aromatic heterocycles. The fourth-order valence-electron chi connectivity index (χ4n) is 7.96. The number of aromatic nitrogens is 5. The van der Waals surface area contributed by atoms with Gasteiger partial charge in [-0.2, -0.15) is 0 Å². The fourth-order valence-corrected chi connectivity index (χ4v) is 7.96. The highest BCUT2D eigenvalue weighted by molar-refractivity contribution is 6.31. The van der Waals surface area contributed by atoms with Crippen molar-refractivity contribution in [2.24, 2.45) is 0 Å². The molecule has 0 spiro atoms. The molecule has 0 aliphatic carbocycles. The largest absolute Gasteiger partial charge is 0.309 e. The zero-order chi connectivity index (χ0) is 32.8. The van der Waals surface area contributed by atoms with E-state index in [-0.39, 0.29) is 0 Å². The third-order valence-electron chi connectivity index (χ3n) is 10.1. The van der Waals surface area contributed by atoms with E-state index >= 15 is 0 Å². The zero-order valence-corrected chi connectivity index (χ0v) is 26.8. The molecule has 7 aromatic carbocycles. The molecule has 0 bridgehead atoms. The first kappa shape index (κ1) is 27.1. The lowest BCUT2D eigenvalue weighted by atomic mass is 10.0. The summed E-state index contributed by atoms with van der Waals surface area (Å²) in [6.45, 7) is 0. The van der Waals surface area contributed by atoms with Crippen molar-refractivity contribution in [3.63, 3.8) is 0 Å². The molecule has 4 heterocycles. The molecule has 0 atom stereocenters. The van der Waals surface area contributed by atoms with Crippen molar-refractivity contribution in [2.45, 2.75) is 0 Å². The van der Waals surface area contributed by atoms with Gasteiger partial charge in [0.25, 0.3) is 0 Å². The molecule has 0 N–H and O–H groups in total. The Bertz CT molecular complexity index is 3010. The predicted molar refractivity (Wildman–Crippen MR) is 205 cm³/mol. The monoisotopic (exact) mass is 637 g/mol. The molecule has 5 nitrogen and oxygen atoms in total. The Balaban J connectivity index is 1.15. The van der Waals surface area contributed by atoms with Crippen molar-refractivity contribution in [3.05, 3.63) is 164 Å². The highest BCUT2D eigenvalue weighted by atomic mass is 15.0. The Hall–Kier alpha value is -6.85. The van der Waals surface area contributed by atoms with Crippen molar-refractivity contribution < 1.29 is 0 Å². The van der Waals surface area contributed by atoms with Crippen LogP contribution in [0.3, 0.4) is 0 Å². The maximum Gasteiger partial charge on any atom is 0.164 e. The summed E-state index contributed by atoms with van der Waals surface area (Å²) in [5.74, 6) is 1.95. The van der Waals surface area contributed by atoms with Gasteiger partial charge in [-0.05, 0) is 53.9 Å². The van der Waals surface area contributed by atoms with Crippen LogP contribution >= 0.6 is 0 Å². The minimum atomic E-state index is 0.644. The van der Waals surface area contributed by atoms with Crippen molar-refractivity contribution in [3.8, 4) is 39.9 Å². The van der Waals surface area contributed by atoms with Gasteiger partial charge in [0.1, 0.15) is 0 Å². The van der Waals surface area contributed by atoms with E-state index in [1.165, 1.54) is 59.9 Å². The van der Waals surface area contributed by atoms with E-state index in [2.05, 4.69) is 112 Å². The molecule has 0 aliphatic heterocycles. The summed E-state index contributed by atoms with van der Waals surface area (Å²) in [5, 5.41) is 7.61. The van der Waals surface area contributed by atoms with E-state index in [4.69, 9.17) is 15.0 Å². The molecule has 0 unspecified atom stereocenters. The molecule has 0 saturated heterocycles. The van der Waals surface area contributed by atoms with Gasteiger partial charge in [-0.3, -0.25) is 0 Å². The van der Waals surface area contributed by atoms with E-state index in [0.717, 1.165) is 22.4 Å². The van der Waals surface area contributed by atoms with Crippen molar-refractivity contribution in [1.29, 1.82) is 0 Å². The average molecular weight is 638 g/mol. The smallest absolute Gasteiger partial charge is 0.164 e. The molecule has 50 heavy (non-hydrogen) atoms. The number of hydrogen-bond donors (Lipinski definition) is 0. The summed E-state index contributed by atoms with van der Waals surface area (Å²) in [7, 11) is 0. The summed E-state index contributed by atoms with van der Waals surface area (Å²) in [6.07, 6.45) is 0. The van der Waals surface area contributed by atoms with Crippen LogP contribution in [-0.4, -0.2) is 23.9 Å². The maximum absolute atomic E-state index is 4.96. The van der Waals surface area contributed by atoms with Gasteiger partial charge < -0.3 is 8.97 Å². The molecule has 232 valence electrons. The third kappa shape index (κ3) is 3.80. The molecular formula is C45H27N5. The zero-order valence-electron chi connectivity index (χ0n) is 26.8. The van der Waals surface area contributed by atoms with Gasteiger partial charge in [0.15, 0.2) is 17.5 Å². The summed E-state index contributed by atoms with van der Waals surface area (Å²) in [5.41, 5.74) is 9.99. The van der Waals surface area contributed by atoms with Gasteiger partial charge in [-0.15, -0.1) is 0 Å². The fraction of sp³-hybridized carbons (Fsp3) is 0. The first-order chi connectivity index (χ1) is 24.8. The van der Waals surface area contributed by atoms with Crippen LogP contribution in [0.4, 0.5) is 0 Å². The molecule has 0 saturated carbocycles. The number of benzene rings is 7. The van der Waals surface area contributed by atoms with Crippen LogP contribution in [0.5, 0.6) is 0 Å². The summed E-state index contributed by atoms with van der Waals surface area (Å²) in [6, 6.07) is 57.8. The van der Waals surface area contributed by atoms with E-state index in [1.807, 2.05) is 60.7 Å².